The summed E-state index contributed by atoms with van der Waals surface area (Å²) in [5, 5.41) is 9.81. The first-order valence-corrected chi connectivity index (χ1v) is 5.57. The molecule has 4 heteroatoms. The molecule has 1 atom stereocenters. The Hall–Kier alpha value is -0.740. The predicted octanol–water partition coefficient (Wildman–Crippen LogP) is 2.36. The number of rotatable bonds is 1. The molecule has 1 aromatic carbocycles. The van der Waals surface area contributed by atoms with Crippen LogP contribution < -0.4 is 9.47 Å². The van der Waals surface area contributed by atoms with E-state index in [9.17, 15) is 5.11 Å². The average Bonchev–Trinajstić information content (AvgIpc) is 2.15. The first-order valence-electron chi connectivity index (χ1n) is 4.78. The number of ether oxygens (including phenoxy) is 2. The third-order valence-electron chi connectivity index (χ3n) is 2.35. The fourth-order valence-electron chi connectivity index (χ4n) is 1.39. The smallest absolute Gasteiger partial charge is 0.162 e. The third kappa shape index (κ3) is 2.26. The van der Waals surface area contributed by atoms with Crippen LogP contribution in [-0.2, 0) is 0 Å². The molecule has 1 heterocycles. The van der Waals surface area contributed by atoms with Crippen LogP contribution in [0.2, 0.25) is 0 Å². The van der Waals surface area contributed by atoms with Crippen LogP contribution in [0.25, 0.3) is 0 Å². The van der Waals surface area contributed by atoms with Crippen molar-refractivity contribution in [3.8, 4) is 11.5 Å². The van der Waals surface area contributed by atoms with Gasteiger partial charge in [0.1, 0.15) is 6.61 Å². The first kappa shape index (κ1) is 10.8. The van der Waals surface area contributed by atoms with E-state index in [0.717, 1.165) is 4.47 Å². The summed E-state index contributed by atoms with van der Waals surface area (Å²) < 4.78 is 12.1. The second kappa shape index (κ2) is 3.68. The van der Waals surface area contributed by atoms with E-state index in [0.29, 0.717) is 18.1 Å². The fourth-order valence-corrected chi connectivity index (χ4v) is 1.73. The molecule has 0 spiro atoms. The molecule has 1 aliphatic heterocycles. The molecular weight excluding hydrogens is 260 g/mol. The molecule has 1 aromatic rings. The minimum absolute atomic E-state index is 0.328. The monoisotopic (exact) mass is 272 g/mol. The second-order valence-electron chi connectivity index (χ2n) is 4.16. The van der Waals surface area contributed by atoms with E-state index in [1.165, 1.54) is 0 Å². The van der Waals surface area contributed by atoms with Crippen molar-refractivity contribution in [3.63, 3.8) is 0 Å². The number of fused-ring (bicyclic) bond motifs is 1. The van der Waals surface area contributed by atoms with Crippen molar-refractivity contribution in [2.75, 3.05) is 6.61 Å². The lowest BCUT2D eigenvalue weighted by Crippen LogP contribution is -2.46. The van der Waals surface area contributed by atoms with Gasteiger partial charge in [-0.2, -0.15) is 0 Å². The van der Waals surface area contributed by atoms with Gasteiger partial charge in [0.25, 0.3) is 0 Å². The van der Waals surface area contributed by atoms with Gasteiger partial charge in [0, 0.05) is 4.47 Å². The Morgan fingerprint density at radius 2 is 2.13 bits per heavy atom. The molecule has 1 aliphatic rings. The van der Waals surface area contributed by atoms with E-state index in [1.54, 1.807) is 13.8 Å². The first-order chi connectivity index (χ1) is 6.97. The molecule has 0 radical (unpaired) electrons. The van der Waals surface area contributed by atoms with Crippen molar-refractivity contribution in [3.05, 3.63) is 22.7 Å². The van der Waals surface area contributed by atoms with Crippen LogP contribution in [0.4, 0.5) is 0 Å². The summed E-state index contributed by atoms with van der Waals surface area (Å²) in [4.78, 5) is 0. The highest BCUT2D eigenvalue weighted by molar-refractivity contribution is 9.10. The highest BCUT2D eigenvalue weighted by Crippen LogP contribution is 2.35. The molecule has 0 bridgehead atoms. The van der Waals surface area contributed by atoms with Crippen molar-refractivity contribution < 1.29 is 14.6 Å². The number of halogens is 1. The van der Waals surface area contributed by atoms with E-state index >= 15 is 0 Å². The zero-order valence-corrected chi connectivity index (χ0v) is 10.2. The van der Waals surface area contributed by atoms with Gasteiger partial charge in [-0.25, -0.2) is 0 Å². The Morgan fingerprint density at radius 3 is 2.80 bits per heavy atom. The standard InChI is InChI=1S/C11H13BrO3/c1-11(2,13)10-6-14-9-5-7(12)3-4-8(9)15-10/h3-5,10,13H,6H2,1-2H3/t10-/m1/s1. The van der Waals surface area contributed by atoms with Crippen LogP contribution in [0, 0.1) is 0 Å². The van der Waals surface area contributed by atoms with Crippen molar-refractivity contribution in [1.82, 2.24) is 0 Å². The van der Waals surface area contributed by atoms with Gasteiger partial charge >= 0.3 is 0 Å². The van der Waals surface area contributed by atoms with Gasteiger partial charge in [-0.3, -0.25) is 0 Å². The van der Waals surface area contributed by atoms with E-state index in [-0.39, 0.29) is 6.10 Å². The molecule has 0 aliphatic carbocycles. The summed E-state index contributed by atoms with van der Waals surface area (Å²) in [5.74, 6) is 1.39. The zero-order valence-electron chi connectivity index (χ0n) is 8.66. The Labute approximate surface area is 97.1 Å². The fraction of sp³-hybridized carbons (Fsp3) is 0.455. The minimum Gasteiger partial charge on any atom is -0.486 e. The largest absolute Gasteiger partial charge is 0.486 e. The zero-order chi connectivity index (χ0) is 11.1. The second-order valence-corrected chi connectivity index (χ2v) is 5.08. The molecule has 3 nitrogen and oxygen atoms in total. The van der Waals surface area contributed by atoms with Gasteiger partial charge in [0.15, 0.2) is 17.6 Å². The Bertz CT molecular complexity index is 371. The molecule has 82 valence electrons. The van der Waals surface area contributed by atoms with Crippen LogP contribution in [0.5, 0.6) is 11.5 Å². The Kier molecular flexibility index (Phi) is 2.64. The molecule has 0 fully saturated rings. The SMILES string of the molecule is CC(C)(O)[C@H]1COc2cc(Br)ccc2O1. The topological polar surface area (TPSA) is 38.7 Å². The van der Waals surface area contributed by atoms with Gasteiger partial charge in [0.2, 0.25) is 0 Å². The summed E-state index contributed by atoms with van der Waals surface area (Å²) in [6, 6.07) is 5.57. The highest BCUT2D eigenvalue weighted by atomic mass is 79.9. The number of hydrogen-bond acceptors (Lipinski definition) is 3. The van der Waals surface area contributed by atoms with E-state index in [4.69, 9.17) is 9.47 Å². The average molecular weight is 273 g/mol. The van der Waals surface area contributed by atoms with E-state index in [2.05, 4.69) is 15.9 Å². The number of aliphatic hydroxyl groups is 1. The third-order valence-corrected chi connectivity index (χ3v) is 2.85. The summed E-state index contributed by atoms with van der Waals surface area (Å²) in [5.41, 5.74) is -0.898. The lowest BCUT2D eigenvalue weighted by atomic mass is 10.0. The van der Waals surface area contributed by atoms with Gasteiger partial charge in [-0.15, -0.1) is 0 Å². The maximum atomic E-state index is 9.81. The van der Waals surface area contributed by atoms with Gasteiger partial charge < -0.3 is 14.6 Å². The summed E-state index contributed by atoms with van der Waals surface area (Å²) in [6.45, 7) is 3.79. The van der Waals surface area contributed by atoms with E-state index < -0.39 is 5.60 Å². The maximum absolute atomic E-state index is 9.81. The van der Waals surface area contributed by atoms with Gasteiger partial charge in [-0.1, -0.05) is 15.9 Å². The molecule has 0 saturated carbocycles. The quantitative estimate of drug-likeness (QED) is 0.853. The summed E-state index contributed by atoms with van der Waals surface area (Å²) >= 11 is 3.36. The summed E-state index contributed by atoms with van der Waals surface area (Å²) in [6.07, 6.45) is -0.328. The molecule has 15 heavy (non-hydrogen) atoms. The summed E-state index contributed by atoms with van der Waals surface area (Å²) in [7, 11) is 0. The van der Waals surface area contributed by atoms with Crippen molar-refractivity contribution in [1.29, 1.82) is 0 Å². The van der Waals surface area contributed by atoms with Crippen molar-refractivity contribution >= 4 is 15.9 Å². The van der Waals surface area contributed by atoms with Crippen molar-refractivity contribution in [2.24, 2.45) is 0 Å². The molecule has 2 rings (SSSR count). The molecule has 0 amide bonds. The molecular formula is C11H13BrO3. The predicted molar refractivity (Wildman–Crippen MR) is 60.4 cm³/mol. The molecule has 0 unspecified atom stereocenters. The Balaban J connectivity index is 2.24. The van der Waals surface area contributed by atoms with Gasteiger partial charge in [0.05, 0.1) is 5.60 Å². The van der Waals surface area contributed by atoms with Crippen LogP contribution >= 0.6 is 15.9 Å². The van der Waals surface area contributed by atoms with Gasteiger partial charge in [-0.05, 0) is 32.0 Å². The lowest BCUT2D eigenvalue weighted by Gasteiger charge is -2.33. The number of hydrogen-bond donors (Lipinski definition) is 1. The number of benzene rings is 1. The van der Waals surface area contributed by atoms with Crippen LogP contribution in [0.1, 0.15) is 13.8 Å². The Morgan fingerprint density at radius 1 is 1.40 bits per heavy atom. The van der Waals surface area contributed by atoms with Crippen molar-refractivity contribution in [2.45, 2.75) is 25.6 Å². The molecule has 0 aromatic heterocycles. The minimum atomic E-state index is -0.898. The maximum Gasteiger partial charge on any atom is 0.162 e. The van der Waals surface area contributed by atoms with E-state index in [1.807, 2.05) is 18.2 Å². The van der Waals surface area contributed by atoms with Crippen LogP contribution in [-0.4, -0.2) is 23.4 Å². The highest BCUT2D eigenvalue weighted by Gasteiger charge is 2.33. The molecule has 1 N–H and O–H groups in total. The van der Waals surface area contributed by atoms with Crippen LogP contribution in [0.15, 0.2) is 22.7 Å². The van der Waals surface area contributed by atoms with Crippen LogP contribution in [0.3, 0.4) is 0 Å². The lowest BCUT2D eigenvalue weighted by molar-refractivity contribution is -0.0653. The normalized spacial score (nSPS) is 20.1. The molecule has 0 saturated heterocycles.